The van der Waals surface area contributed by atoms with Gasteiger partial charge in [-0.3, -0.25) is 0 Å². The summed E-state index contributed by atoms with van der Waals surface area (Å²) in [5.41, 5.74) is 4.84. The summed E-state index contributed by atoms with van der Waals surface area (Å²) >= 11 is 4.53. The number of carbonyl (C=O) groups is 1. The van der Waals surface area contributed by atoms with Crippen molar-refractivity contribution in [2.75, 3.05) is 0 Å². The zero-order chi connectivity index (χ0) is 13.4. The van der Waals surface area contributed by atoms with E-state index in [1.807, 2.05) is 31.2 Å². The smallest absolute Gasteiger partial charge is 0.400 e. The highest BCUT2D eigenvalue weighted by molar-refractivity contribution is 7.96. The van der Waals surface area contributed by atoms with Crippen molar-refractivity contribution in [1.29, 1.82) is 0 Å². The van der Waals surface area contributed by atoms with Crippen LogP contribution in [0.15, 0.2) is 48.5 Å². The van der Waals surface area contributed by atoms with E-state index in [0.717, 1.165) is 0 Å². The van der Waals surface area contributed by atoms with Gasteiger partial charge in [-0.1, -0.05) is 48.5 Å². The molecule has 2 aromatic rings. The molecular weight excluding hydrogens is 256 g/mol. The van der Waals surface area contributed by atoms with Crippen molar-refractivity contribution in [1.82, 2.24) is 0 Å². The lowest BCUT2D eigenvalue weighted by Gasteiger charge is -2.20. The van der Waals surface area contributed by atoms with Crippen LogP contribution in [-0.4, -0.2) is 11.4 Å². The van der Waals surface area contributed by atoms with Crippen LogP contribution in [0.5, 0.6) is 0 Å². The molecule has 0 spiro atoms. The van der Waals surface area contributed by atoms with Crippen LogP contribution in [0.3, 0.4) is 0 Å². The Balaban J connectivity index is 2.12. The Morgan fingerprint density at radius 2 is 1.53 bits per heavy atom. The molecule has 1 aliphatic carbocycles. The third kappa shape index (κ3) is 2.00. The summed E-state index contributed by atoms with van der Waals surface area (Å²) in [6.07, 6.45) is -0.255. The molecule has 0 bridgehead atoms. The van der Waals surface area contributed by atoms with Crippen molar-refractivity contribution >= 4 is 17.9 Å². The van der Waals surface area contributed by atoms with Crippen molar-refractivity contribution in [3.8, 4) is 11.1 Å². The minimum atomic E-state index is -0.644. The van der Waals surface area contributed by atoms with Gasteiger partial charge in [0.2, 0.25) is 0 Å². The fraction of sp³-hybridized carbons (Fsp3) is 0.188. The van der Waals surface area contributed by atoms with Crippen LogP contribution in [0.25, 0.3) is 11.1 Å². The van der Waals surface area contributed by atoms with E-state index in [9.17, 15) is 4.79 Å². The Kier molecular flexibility index (Phi) is 2.99. The average Bonchev–Trinajstić information content (AvgIpc) is 2.72. The fourth-order valence-electron chi connectivity index (χ4n) is 2.92. The van der Waals surface area contributed by atoms with Crippen molar-refractivity contribution in [3.05, 3.63) is 59.7 Å². The molecule has 1 unspecified atom stereocenters. The highest BCUT2D eigenvalue weighted by atomic mass is 32.1. The summed E-state index contributed by atoms with van der Waals surface area (Å²) in [6.45, 7) is 1.90. The Morgan fingerprint density at radius 1 is 1.05 bits per heavy atom. The molecule has 95 valence electrons. The first-order chi connectivity index (χ1) is 9.18. The monoisotopic (exact) mass is 269 g/mol. The van der Waals surface area contributed by atoms with Gasteiger partial charge in [-0.25, -0.2) is 4.79 Å². The van der Waals surface area contributed by atoms with Gasteiger partial charge in [-0.2, -0.15) is 0 Å². The highest BCUT2D eigenvalue weighted by Gasteiger charge is 2.33. The quantitative estimate of drug-likeness (QED) is 0.749. The van der Waals surface area contributed by atoms with Gasteiger partial charge in [0.15, 0.2) is 0 Å². The molecule has 3 rings (SSSR count). The Bertz CT molecular complexity index is 591. The second kappa shape index (κ2) is 4.67. The van der Waals surface area contributed by atoms with Gasteiger partial charge >= 0.3 is 5.30 Å². The van der Waals surface area contributed by atoms with Gasteiger partial charge < -0.3 is 4.74 Å². The Labute approximate surface area is 117 Å². The van der Waals surface area contributed by atoms with Crippen LogP contribution in [0.1, 0.15) is 24.0 Å². The molecule has 3 heteroatoms. The van der Waals surface area contributed by atoms with Crippen LogP contribution in [-0.2, 0) is 4.74 Å². The summed E-state index contributed by atoms with van der Waals surface area (Å²) in [6, 6.07) is 16.5. The molecular formula is C16H13O2S. The third-order valence-corrected chi connectivity index (χ3v) is 3.73. The minimum Gasteiger partial charge on any atom is -0.450 e. The van der Waals surface area contributed by atoms with Gasteiger partial charge in [0.1, 0.15) is 6.10 Å². The van der Waals surface area contributed by atoms with Crippen molar-refractivity contribution < 1.29 is 9.53 Å². The van der Waals surface area contributed by atoms with Crippen LogP contribution in [0.4, 0.5) is 4.79 Å². The second-order valence-electron chi connectivity index (χ2n) is 4.73. The average molecular weight is 269 g/mol. The summed E-state index contributed by atoms with van der Waals surface area (Å²) in [7, 11) is 0. The van der Waals surface area contributed by atoms with Crippen LogP contribution in [0, 0.1) is 0 Å². The number of hydrogen-bond donors (Lipinski definition) is 0. The van der Waals surface area contributed by atoms with E-state index in [1.54, 1.807) is 0 Å². The summed E-state index contributed by atoms with van der Waals surface area (Å²) in [5.74, 6) is 0.0688. The second-order valence-corrected chi connectivity index (χ2v) is 5.06. The molecule has 2 nitrogen and oxygen atoms in total. The third-order valence-electron chi connectivity index (χ3n) is 3.63. The first-order valence-electron chi connectivity index (χ1n) is 6.24. The molecule has 0 saturated carbocycles. The maximum absolute atomic E-state index is 11.0. The number of hydrogen-bond acceptors (Lipinski definition) is 2. The molecule has 0 fully saturated rings. The Hall–Kier alpha value is -1.87. The predicted octanol–water partition coefficient (Wildman–Crippen LogP) is 4.52. The van der Waals surface area contributed by atoms with Gasteiger partial charge in [0.25, 0.3) is 0 Å². The molecule has 1 aliphatic rings. The van der Waals surface area contributed by atoms with Crippen molar-refractivity contribution in [3.63, 3.8) is 0 Å². The molecule has 0 aliphatic heterocycles. The van der Waals surface area contributed by atoms with E-state index in [2.05, 4.69) is 36.9 Å². The molecule has 19 heavy (non-hydrogen) atoms. The Morgan fingerprint density at radius 3 is 2.00 bits per heavy atom. The standard InChI is InChI=1S/C16H13O2S/c1-10(18-16(17)19)15-13-8-4-2-6-11(13)12-7-3-5-9-14(12)15/h2-10,15H,1H3. The van der Waals surface area contributed by atoms with Crippen LogP contribution >= 0.6 is 12.6 Å². The van der Waals surface area contributed by atoms with Crippen LogP contribution in [0.2, 0.25) is 0 Å². The number of ether oxygens (including phenoxy) is 1. The molecule has 2 aromatic carbocycles. The molecule has 1 atom stereocenters. The van der Waals surface area contributed by atoms with Gasteiger partial charge in [-0.05, 0) is 29.2 Å². The lowest BCUT2D eigenvalue weighted by molar-refractivity contribution is 0.124. The zero-order valence-corrected chi connectivity index (χ0v) is 11.3. The van der Waals surface area contributed by atoms with E-state index in [-0.39, 0.29) is 12.0 Å². The highest BCUT2D eigenvalue weighted by Crippen LogP contribution is 2.46. The van der Waals surface area contributed by atoms with E-state index < -0.39 is 5.30 Å². The maximum atomic E-state index is 11.0. The van der Waals surface area contributed by atoms with E-state index in [4.69, 9.17) is 4.74 Å². The van der Waals surface area contributed by atoms with Crippen LogP contribution < -0.4 is 0 Å². The maximum Gasteiger partial charge on any atom is 0.400 e. The largest absolute Gasteiger partial charge is 0.450 e. The summed E-state index contributed by atoms with van der Waals surface area (Å²) < 4.78 is 5.22. The molecule has 0 aromatic heterocycles. The summed E-state index contributed by atoms with van der Waals surface area (Å²) in [4.78, 5) is 11.0. The predicted molar refractivity (Wildman–Crippen MR) is 77.3 cm³/mol. The molecule has 0 amide bonds. The fourth-order valence-corrected chi connectivity index (χ4v) is 3.07. The summed E-state index contributed by atoms with van der Waals surface area (Å²) in [5, 5.41) is -0.644. The number of fused-ring (bicyclic) bond motifs is 3. The molecule has 0 N–H and O–H groups in total. The lowest BCUT2D eigenvalue weighted by atomic mass is 9.92. The lowest BCUT2D eigenvalue weighted by Crippen LogP contribution is -2.19. The zero-order valence-electron chi connectivity index (χ0n) is 10.5. The van der Waals surface area contributed by atoms with E-state index in [1.165, 1.54) is 22.3 Å². The van der Waals surface area contributed by atoms with E-state index in [0.29, 0.717) is 0 Å². The topological polar surface area (TPSA) is 26.3 Å². The van der Waals surface area contributed by atoms with Gasteiger partial charge in [0.05, 0.1) is 0 Å². The van der Waals surface area contributed by atoms with Crippen molar-refractivity contribution in [2.24, 2.45) is 0 Å². The van der Waals surface area contributed by atoms with E-state index >= 15 is 0 Å². The molecule has 0 saturated heterocycles. The molecule has 0 heterocycles. The van der Waals surface area contributed by atoms with Gasteiger partial charge in [-0.15, -0.1) is 0 Å². The number of rotatable bonds is 2. The normalized spacial score (nSPS) is 14.6. The first-order valence-corrected chi connectivity index (χ1v) is 6.65. The SMILES string of the molecule is CC(OC(=O)[S])C1c2ccccc2-c2ccccc21. The molecule has 1 radical (unpaired) electrons. The first kappa shape index (κ1) is 12.2. The minimum absolute atomic E-state index is 0.0688. The van der Waals surface area contributed by atoms with Crippen molar-refractivity contribution in [2.45, 2.75) is 18.9 Å². The number of carbonyl (C=O) groups excluding carboxylic acids is 1. The van der Waals surface area contributed by atoms with Gasteiger partial charge in [0, 0.05) is 18.5 Å². The number of benzene rings is 2.